The summed E-state index contributed by atoms with van der Waals surface area (Å²) in [6.45, 7) is 3.48. The van der Waals surface area contributed by atoms with Gasteiger partial charge in [-0.15, -0.1) is 0 Å². The van der Waals surface area contributed by atoms with Crippen LogP contribution < -0.4 is 5.32 Å². The Labute approximate surface area is 103 Å². The van der Waals surface area contributed by atoms with Crippen LogP contribution in [0.5, 0.6) is 0 Å². The van der Waals surface area contributed by atoms with Gasteiger partial charge in [0.2, 0.25) is 0 Å². The van der Waals surface area contributed by atoms with E-state index in [0.717, 1.165) is 3.57 Å². The minimum Gasteiger partial charge on any atom is -0.394 e. The second-order valence-electron chi connectivity index (χ2n) is 3.98. The van der Waals surface area contributed by atoms with E-state index in [1.807, 2.05) is 18.2 Å². The van der Waals surface area contributed by atoms with Crippen LogP contribution in [0.4, 0.5) is 0 Å². The smallest absolute Gasteiger partial charge is 0.252 e. The molecular formula is C11H14INO2. The summed E-state index contributed by atoms with van der Waals surface area (Å²) in [7, 11) is 0. The fourth-order valence-electron chi connectivity index (χ4n) is 1.06. The third kappa shape index (κ3) is 3.46. The van der Waals surface area contributed by atoms with Gasteiger partial charge in [-0.2, -0.15) is 0 Å². The molecule has 0 aliphatic carbocycles. The zero-order valence-corrected chi connectivity index (χ0v) is 10.9. The second-order valence-corrected chi connectivity index (χ2v) is 5.14. The number of aliphatic hydroxyl groups excluding tert-OH is 1. The predicted molar refractivity (Wildman–Crippen MR) is 67.8 cm³/mol. The highest BCUT2D eigenvalue weighted by molar-refractivity contribution is 14.1. The zero-order valence-electron chi connectivity index (χ0n) is 8.75. The molecular weight excluding hydrogens is 305 g/mol. The normalized spacial score (nSPS) is 11.2. The quantitative estimate of drug-likeness (QED) is 0.835. The maximum absolute atomic E-state index is 11.8. The summed E-state index contributed by atoms with van der Waals surface area (Å²) in [5, 5.41) is 11.8. The van der Waals surface area contributed by atoms with Gasteiger partial charge in [0.25, 0.3) is 5.91 Å². The van der Waals surface area contributed by atoms with Gasteiger partial charge >= 0.3 is 0 Å². The number of carbonyl (C=O) groups is 1. The van der Waals surface area contributed by atoms with Crippen molar-refractivity contribution >= 4 is 28.5 Å². The average molecular weight is 319 g/mol. The molecule has 0 aromatic heterocycles. The molecule has 1 aromatic rings. The molecule has 2 N–H and O–H groups in total. The van der Waals surface area contributed by atoms with E-state index < -0.39 is 5.54 Å². The Hall–Kier alpha value is -0.620. The molecule has 0 fully saturated rings. The van der Waals surface area contributed by atoms with Crippen molar-refractivity contribution < 1.29 is 9.90 Å². The number of halogens is 1. The van der Waals surface area contributed by atoms with Crippen molar-refractivity contribution in [1.82, 2.24) is 5.32 Å². The lowest BCUT2D eigenvalue weighted by Gasteiger charge is -2.23. The van der Waals surface area contributed by atoms with E-state index in [1.54, 1.807) is 19.9 Å². The van der Waals surface area contributed by atoms with Gasteiger partial charge in [0.1, 0.15) is 0 Å². The standard InChI is InChI=1S/C11H14INO2/c1-11(2,7-14)13-10(15)8-5-3-4-6-9(8)12/h3-6,14H,7H2,1-2H3,(H,13,15). The summed E-state index contributed by atoms with van der Waals surface area (Å²) < 4.78 is 0.904. The molecule has 0 unspecified atom stereocenters. The van der Waals surface area contributed by atoms with Crippen LogP contribution in [0.25, 0.3) is 0 Å². The van der Waals surface area contributed by atoms with Crippen molar-refractivity contribution in [3.63, 3.8) is 0 Å². The third-order valence-corrected chi connectivity index (χ3v) is 2.91. The first-order chi connectivity index (χ1) is 6.96. The van der Waals surface area contributed by atoms with Crippen LogP contribution in [0.2, 0.25) is 0 Å². The Morgan fingerprint density at radius 2 is 2.07 bits per heavy atom. The van der Waals surface area contributed by atoms with Gasteiger partial charge < -0.3 is 10.4 Å². The number of hydrogen-bond donors (Lipinski definition) is 2. The van der Waals surface area contributed by atoms with E-state index in [1.165, 1.54) is 0 Å². The van der Waals surface area contributed by atoms with Gasteiger partial charge in [0.05, 0.1) is 17.7 Å². The summed E-state index contributed by atoms with van der Waals surface area (Å²) in [4.78, 5) is 11.8. The van der Waals surface area contributed by atoms with E-state index >= 15 is 0 Å². The molecule has 0 aliphatic heterocycles. The Morgan fingerprint density at radius 1 is 1.47 bits per heavy atom. The van der Waals surface area contributed by atoms with Gasteiger partial charge in [-0.05, 0) is 48.6 Å². The minimum absolute atomic E-state index is 0.0812. The van der Waals surface area contributed by atoms with Crippen molar-refractivity contribution in [2.75, 3.05) is 6.61 Å². The number of carbonyl (C=O) groups excluding carboxylic acids is 1. The van der Waals surface area contributed by atoms with Gasteiger partial charge in [-0.1, -0.05) is 12.1 Å². The van der Waals surface area contributed by atoms with E-state index in [4.69, 9.17) is 5.11 Å². The molecule has 1 rings (SSSR count). The Kier molecular flexibility index (Phi) is 4.10. The molecule has 1 aromatic carbocycles. The molecule has 1 amide bonds. The SMILES string of the molecule is CC(C)(CO)NC(=O)c1ccccc1I. The van der Waals surface area contributed by atoms with Crippen molar-refractivity contribution in [2.24, 2.45) is 0 Å². The number of aliphatic hydroxyl groups is 1. The van der Waals surface area contributed by atoms with Gasteiger partial charge in [-0.3, -0.25) is 4.79 Å². The maximum atomic E-state index is 11.8. The lowest BCUT2D eigenvalue weighted by Crippen LogP contribution is -2.46. The lowest BCUT2D eigenvalue weighted by molar-refractivity contribution is 0.0868. The minimum atomic E-state index is -0.587. The molecule has 0 saturated heterocycles. The highest BCUT2D eigenvalue weighted by Gasteiger charge is 2.20. The zero-order chi connectivity index (χ0) is 11.5. The van der Waals surface area contributed by atoms with Crippen molar-refractivity contribution in [2.45, 2.75) is 19.4 Å². The van der Waals surface area contributed by atoms with Gasteiger partial charge in [0.15, 0.2) is 0 Å². The summed E-state index contributed by atoms with van der Waals surface area (Å²) in [6, 6.07) is 7.35. The first-order valence-corrected chi connectivity index (χ1v) is 5.72. The predicted octanol–water partition coefficient (Wildman–Crippen LogP) is 1.79. The molecule has 82 valence electrons. The van der Waals surface area contributed by atoms with Gasteiger partial charge in [0, 0.05) is 3.57 Å². The molecule has 0 atom stereocenters. The van der Waals surface area contributed by atoms with Crippen molar-refractivity contribution in [3.8, 4) is 0 Å². The number of benzene rings is 1. The number of hydrogen-bond acceptors (Lipinski definition) is 2. The number of nitrogens with one attached hydrogen (secondary N) is 1. The molecule has 15 heavy (non-hydrogen) atoms. The summed E-state index contributed by atoms with van der Waals surface area (Å²) in [6.07, 6.45) is 0. The Morgan fingerprint density at radius 3 is 2.60 bits per heavy atom. The van der Waals surface area contributed by atoms with Crippen LogP contribution in [-0.2, 0) is 0 Å². The first-order valence-electron chi connectivity index (χ1n) is 4.64. The largest absolute Gasteiger partial charge is 0.394 e. The van der Waals surface area contributed by atoms with Crippen molar-refractivity contribution in [3.05, 3.63) is 33.4 Å². The fourth-order valence-corrected chi connectivity index (χ4v) is 1.69. The van der Waals surface area contributed by atoms with Crippen molar-refractivity contribution in [1.29, 1.82) is 0 Å². The molecule has 0 saturated carbocycles. The Balaban J connectivity index is 2.83. The summed E-state index contributed by atoms with van der Waals surface area (Å²) in [5.41, 5.74) is 0.0512. The fraction of sp³-hybridized carbons (Fsp3) is 0.364. The van der Waals surface area contributed by atoms with Crippen LogP contribution in [0.15, 0.2) is 24.3 Å². The molecule has 3 nitrogen and oxygen atoms in total. The Bertz CT molecular complexity index is 363. The molecule has 0 radical (unpaired) electrons. The summed E-state index contributed by atoms with van der Waals surface area (Å²) >= 11 is 2.12. The van der Waals surface area contributed by atoms with E-state index in [9.17, 15) is 4.79 Å². The second kappa shape index (κ2) is 4.94. The van der Waals surface area contributed by atoms with E-state index in [0.29, 0.717) is 5.56 Å². The number of rotatable bonds is 3. The lowest BCUT2D eigenvalue weighted by atomic mass is 10.1. The molecule has 0 spiro atoms. The van der Waals surface area contributed by atoms with Crippen LogP contribution in [-0.4, -0.2) is 23.2 Å². The molecule has 0 bridgehead atoms. The third-order valence-electron chi connectivity index (χ3n) is 1.97. The molecule has 4 heteroatoms. The first kappa shape index (κ1) is 12.4. The van der Waals surface area contributed by atoms with Gasteiger partial charge in [-0.25, -0.2) is 0 Å². The van der Waals surface area contributed by atoms with E-state index in [2.05, 4.69) is 27.9 Å². The number of amides is 1. The monoisotopic (exact) mass is 319 g/mol. The molecule has 0 heterocycles. The highest BCUT2D eigenvalue weighted by atomic mass is 127. The van der Waals surface area contributed by atoms with Crippen LogP contribution in [0.3, 0.4) is 0 Å². The van der Waals surface area contributed by atoms with Crippen LogP contribution in [0.1, 0.15) is 24.2 Å². The average Bonchev–Trinajstić information content (AvgIpc) is 2.17. The topological polar surface area (TPSA) is 49.3 Å². The summed E-state index contributed by atoms with van der Waals surface area (Å²) in [5.74, 6) is -0.154. The maximum Gasteiger partial charge on any atom is 0.252 e. The van der Waals surface area contributed by atoms with Crippen LogP contribution >= 0.6 is 22.6 Å². The van der Waals surface area contributed by atoms with Crippen LogP contribution in [0, 0.1) is 3.57 Å². The highest BCUT2D eigenvalue weighted by Crippen LogP contribution is 2.12. The molecule has 0 aliphatic rings. The van der Waals surface area contributed by atoms with E-state index in [-0.39, 0.29) is 12.5 Å².